The van der Waals surface area contributed by atoms with E-state index in [2.05, 4.69) is 45.5 Å². The van der Waals surface area contributed by atoms with E-state index in [4.69, 9.17) is 4.98 Å². The van der Waals surface area contributed by atoms with Crippen molar-refractivity contribution in [3.8, 4) is 0 Å². The highest BCUT2D eigenvalue weighted by molar-refractivity contribution is 9.10. The normalized spacial score (nSPS) is 19.1. The van der Waals surface area contributed by atoms with Crippen molar-refractivity contribution in [2.75, 3.05) is 0 Å². The standard InChI is InChI=1S/C16H17BrN2S/c17-12-5-2-1-4-11(12)15(18-10-8-9-10)16-19-13-6-3-7-14(13)20-16/h1-2,4-5,10,15,18H,3,6-9H2. The van der Waals surface area contributed by atoms with Gasteiger partial charge in [-0.15, -0.1) is 11.3 Å². The largest absolute Gasteiger partial charge is 0.301 e. The van der Waals surface area contributed by atoms with Crippen LogP contribution in [0.2, 0.25) is 0 Å². The second-order valence-electron chi connectivity index (χ2n) is 5.67. The number of hydrogen-bond donors (Lipinski definition) is 1. The van der Waals surface area contributed by atoms with Crippen LogP contribution in [-0.2, 0) is 12.8 Å². The number of thiazole rings is 1. The highest BCUT2D eigenvalue weighted by Gasteiger charge is 2.30. The minimum Gasteiger partial charge on any atom is -0.301 e. The number of nitrogens with zero attached hydrogens (tertiary/aromatic N) is 1. The summed E-state index contributed by atoms with van der Waals surface area (Å²) in [5.74, 6) is 0. The fourth-order valence-corrected chi connectivity index (χ4v) is 4.57. The van der Waals surface area contributed by atoms with Gasteiger partial charge in [-0.3, -0.25) is 0 Å². The molecule has 1 aromatic carbocycles. The lowest BCUT2D eigenvalue weighted by atomic mass is 10.1. The van der Waals surface area contributed by atoms with Gasteiger partial charge in [0.05, 0.1) is 11.7 Å². The molecule has 0 saturated heterocycles. The molecule has 1 heterocycles. The molecule has 0 aliphatic heterocycles. The molecular weight excluding hydrogens is 332 g/mol. The van der Waals surface area contributed by atoms with Gasteiger partial charge in [0.15, 0.2) is 0 Å². The van der Waals surface area contributed by atoms with Gasteiger partial charge >= 0.3 is 0 Å². The summed E-state index contributed by atoms with van der Waals surface area (Å²) in [5, 5.41) is 5.01. The first-order valence-corrected chi connectivity index (χ1v) is 8.91. The van der Waals surface area contributed by atoms with E-state index in [1.54, 1.807) is 0 Å². The third kappa shape index (κ3) is 2.45. The van der Waals surface area contributed by atoms with E-state index in [0.29, 0.717) is 6.04 Å². The molecule has 1 atom stereocenters. The summed E-state index contributed by atoms with van der Waals surface area (Å²) in [7, 11) is 0. The van der Waals surface area contributed by atoms with E-state index in [-0.39, 0.29) is 6.04 Å². The smallest absolute Gasteiger partial charge is 0.115 e. The van der Waals surface area contributed by atoms with Crippen LogP contribution < -0.4 is 5.32 Å². The van der Waals surface area contributed by atoms with Crippen molar-refractivity contribution in [2.45, 2.75) is 44.2 Å². The number of aromatic nitrogens is 1. The van der Waals surface area contributed by atoms with Crippen molar-refractivity contribution in [1.29, 1.82) is 0 Å². The zero-order valence-electron chi connectivity index (χ0n) is 11.2. The molecule has 104 valence electrons. The lowest BCUT2D eigenvalue weighted by molar-refractivity contribution is 0.594. The molecule has 1 N–H and O–H groups in total. The molecule has 1 fully saturated rings. The maximum atomic E-state index is 4.92. The molecule has 2 aliphatic carbocycles. The summed E-state index contributed by atoms with van der Waals surface area (Å²) in [5.41, 5.74) is 2.66. The van der Waals surface area contributed by atoms with Crippen molar-refractivity contribution in [3.63, 3.8) is 0 Å². The van der Waals surface area contributed by atoms with Crippen molar-refractivity contribution in [1.82, 2.24) is 10.3 Å². The van der Waals surface area contributed by atoms with Crippen LogP contribution in [0, 0.1) is 0 Å². The first-order valence-electron chi connectivity index (χ1n) is 7.30. The van der Waals surface area contributed by atoms with Gasteiger partial charge in [0.2, 0.25) is 0 Å². The Morgan fingerprint density at radius 1 is 1.25 bits per heavy atom. The van der Waals surface area contributed by atoms with Gasteiger partial charge in [0.25, 0.3) is 0 Å². The predicted molar refractivity (Wildman–Crippen MR) is 86.3 cm³/mol. The zero-order valence-corrected chi connectivity index (χ0v) is 13.6. The van der Waals surface area contributed by atoms with Crippen LogP contribution in [0.15, 0.2) is 28.7 Å². The fourth-order valence-electron chi connectivity index (χ4n) is 2.82. The highest BCUT2D eigenvalue weighted by Crippen LogP contribution is 2.37. The van der Waals surface area contributed by atoms with Crippen LogP contribution in [-0.4, -0.2) is 11.0 Å². The van der Waals surface area contributed by atoms with Gasteiger partial charge in [0, 0.05) is 15.4 Å². The molecule has 2 aliphatic rings. The van der Waals surface area contributed by atoms with Crippen LogP contribution in [0.5, 0.6) is 0 Å². The first kappa shape index (κ1) is 13.0. The van der Waals surface area contributed by atoms with E-state index in [0.717, 1.165) is 6.42 Å². The summed E-state index contributed by atoms with van der Waals surface area (Å²) in [6.07, 6.45) is 6.26. The van der Waals surface area contributed by atoms with Gasteiger partial charge in [-0.25, -0.2) is 4.98 Å². The second-order valence-corrected chi connectivity index (χ2v) is 7.64. The number of nitrogens with one attached hydrogen (secondary N) is 1. The van der Waals surface area contributed by atoms with Gasteiger partial charge < -0.3 is 5.32 Å². The Labute approximate surface area is 131 Å². The molecule has 1 unspecified atom stereocenters. The Bertz CT molecular complexity index is 612. The number of aryl methyl sites for hydroxylation is 2. The highest BCUT2D eigenvalue weighted by atomic mass is 79.9. The monoisotopic (exact) mass is 348 g/mol. The minimum atomic E-state index is 0.244. The van der Waals surface area contributed by atoms with Crippen molar-refractivity contribution in [3.05, 3.63) is 49.9 Å². The number of fused-ring (bicyclic) bond motifs is 1. The quantitative estimate of drug-likeness (QED) is 0.893. The summed E-state index contributed by atoms with van der Waals surface area (Å²) < 4.78 is 1.17. The Balaban J connectivity index is 1.72. The van der Waals surface area contributed by atoms with Gasteiger partial charge in [-0.05, 0) is 43.7 Å². The Morgan fingerprint density at radius 2 is 2.10 bits per heavy atom. The van der Waals surface area contributed by atoms with Crippen molar-refractivity contribution >= 4 is 27.3 Å². The third-order valence-electron chi connectivity index (χ3n) is 4.06. The summed E-state index contributed by atoms with van der Waals surface area (Å²) in [4.78, 5) is 6.43. The Kier molecular flexibility index (Phi) is 3.41. The van der Waals surface area contributed by atoms with E-state index in [1.807, 2.05) is 11.3 Å². The molecule has 0 spiro atoms. The molecule has 2 nitrogen and oxygen atoms in total. The van der Waals surface area contributed by atoms with Crippen molar-refractivity contribution in [2.24, 2.45) is 0 Å². The summed E-state index contributed by atoms with van der Waals surface area (Å²) >= 11 is 5.61. The van der Waals surface area contributed by atoms with Crippen LogP contribution in [0.25, 0.3) is 0 Å². The Hall–Kier alpha value is -0.710. The molecule has 2 aromatic rings. The van der Waals surface area contributed by atoms with E-state index in [1.165, 1.54) is 51.3 Å². The second kappa shape index (κ2) is 5.24. The number of halogens is 1. The topological polar surface area (TPSA) is 24.9 Å². The Morgan fingerprint density at radius 3 is 2.85 bits per heavy atom. The summed E-state index contributed by atoms with van der Waals surface area (Å²) in [6, 6.07) is 9.43. The van der Waals surface area contributed by atoms with E-state index < -0.39 is 0 Å². The molecule has 0 bridgehead atoms. The van der Waals surface area contributed by atoms with Crippen LogP contribution in [0.3, 0.4) is 0 Å². The molecule has 4 rings (SSSR count). The van der Waals surface area contributed by atoms with Gasteiger partial charge in [-0.1, -0.05) is 34.1 Å². The van der Waals surface area contributed by atoms with Crippen LogP contribution >= 0.6 is 27.3 Å². The average molecular weight is 349 g/mol. The minimum absolute atomic E-state index is 0.244. The van der Waals surface area contributed by atoms with Crippen LogP contribution in [0.4, 0.5) is 0 Å². The molecule has 0 radical (unpaired) electrons. The zero-order chi connectivity index (χ0) is 13.5. The molecular formula is C16H17BrN2S. The fraction of sp³-hybridized carbons (Fsp3) is 0.438. The maximum absolute atomic E-state index is 4.92. The molecule has 4 heteroatoms. The number of hydrogen-bond acceptors (Lipinski definition) is 3. The van der Waals surface area contributed by atoms with Gasteiger partial charge in [0.1, 0.15) is 5.01 Å². The molecule has 1 saturated carbocycles. The number of benzene rings is 1. The van der Waals surface area contributed by atoms with Gasteiger partial charge in [-0.2, -0.15) is 0 Å². The number of rotatable bonds is 4. The van der Waals surface area contributed by atoms with E-state index in [9.17, 15) is 0 Å². The maximum Gasteiger partial charge on any atom is 0.115 e. The SMILES string of the molecule is Brc1ccccc1C(NC1CC1)c1nc2c(s1)CCC2. The average Bonchev–Trinajstić information content (AvgIpc) is 3.01. The molecule has 0 amide bonds. The lowest BCUT2D eigenvalue weighted by Crippen LogP contribution is -2.24. The third-order valence-corrected chi connectivity index (χ3v) is 6.00. The summed E-state index contributed by atoms with van der Waals surface area (Å²) in [6.45, 7) is 0. The van der Waals surface area contributed by atoms with Crippen molar-refractivity contribution < 1.29 is 0 Å². The molecule has 20 heavy (non-hydrogen) atoms. The predicted octanol–water partition coefficient (Wildman–Crippen LogP) is 4.24. The molecule has 1 aromatic heterocycles. The van der Waals surface area contributed by atoms with E-state index >= 15 is 0 Å². The first-order chi connectivity index (χ1) is 9.81. The lowest BCUT2D eigenvalue weighted by Gasteiger charge is -2.18. The van der Waals surface area contributed by atoms with Crippen LogP contribution in [0.1, 0.15) is 46.4 Å².